The van der Waals surface area contributed by atoms with Gasteiger partial charge in [-0.1, -0.05) is 6.92 Å². The monoisotopic (exact) mass is 454 g/mol. The van der Waals surface area contributed by atoms with E-state index in [2.05, 4.69) is 25.3 Å². The number of aromatic nitrogens is 6. The van der Waals surface area contributed by atoms with E-state index in [4.69, 9.17) is 9.72 Å². The number of aryl methyl sites for hydroxylation is 2. The number of ether oxygens (including phenoxy) is 1. The molecule has 1 atom stereocenters. The molecule has 0 unspecified atom stereocenters. The summed E-state index contributed by atoms with van der Waals surface area (Å²) in [5.41, 5.74) is 0.417. The first kappa shape index (κ1) is 24.5. The second kappa shape index (κ2) is 10.7. The smallest absolute Gasteiger partial charge is 0.245 e. The van der Waals surface area contributed by atoms with Gasteiger partial charge in [0.15, 0.2) is 0 Å². The molecule has 1 saturated heterocycles. The number of anilines is 1. The summed E-state index contributed by atoms with van der Waals surface area (Å²) in [6, 6.07) is -0.434. The van der Waals surface area contributed by atoms with Crippen molar-refractivity contribution in [2.24, 2.45) is 0 Å². The SMILES string of the molecule is CC[C@H](Nc1cnc(-c2cnc(C)nc2)n(CC)c(C)ncn1)C(=O)N1CCOC(C)(C)C1. The molecule has 33 heavy (non-hydrogen) atoms. The summed E-state index contributed by atoms with van der Waals surface area (Å²) in [6.45, 7) is 14.1. The quantitative estimate of drug-likeness (QED) is 0.709. The standard InChI is InChI=1S/C23H34N8O2/c1-7-19(22(32)30-9-10-33-23(5,6)14-30)29-20-13-26-21(18-11-24-16(3)25-12-18)31(8-2)17(4)27-15-28-20/h11-13,15,19,29H,7-10,14H2,1-6H3/t19-/m0/s1. The average molecular weight is 455 g/mol. The third-order valence-corrected chi connectivity index (χ3v) is 5.52. The van der Waals surface area contributed by atoms with Gasteiger partial charge in [-0.3, -0.25) is 4.79 Å². The third kappa shape index (κ3) is 6.22. The van der Waals surface area contributed by atoms with E-state index in [0.717, 1.165) is 11.4 Å². The van der Waals surface area contributed by atoms with E-state index in [1.165, 1.54) is 6.33 Å². The number of nitrogens with one attached hydrogen (secondary N) is 1. The Bertz CT molecular complexity index is 1020. The van der Waals surface area contributed by atoms with Crippen molar-refractivity contribution in [3.05, 3.63) is 36.6 Å². The fourth-order valence-corrected chi connectivity index (χ4v) is 3.76. The Labute approximate surface area is 195 Å². The molecule has 1 amide bonds. The van der Waals surface area contributed by atoms with Crippen LogP contribution in [0.4, 0.5) is 5.82 Å². The van der Waals surface area contributed by atoms with E-state index < -0.39 is 6.04 Å². The lowest BCUT2D eigenvalue weighted by molar-refractivity contribution is -0.146. The predicted octanol–water partition coefficient (Wildman–Crippen LogP) is 2.72. The molecule has 1 fully saturated rings. The van der Waals surface area contributed by atoms with E-state index in [1.807, 2.05) is 51.0 Å². The van der Waals surface area contributed by atoms with Crippen molar-refractivity contribution >= 4 is 11.7 Å². The lowest BCUT2D eigenvalue weighted by atomic mass is 10.1. The van der Waals surface area contributed by atoms with Crippen LogP contribution in [0.15, 0.2) is 24.9 Å². The maximum absolute atomic E-state index is 13.2. The number of rotatable bonds is 6. The van der Waals surface area contributed by atoms with Crippen LogP contribution in [0.5, 0.6) is 0 Å². The molecule has 2 aromatic heterocycles. The highest BCUT2D eigenvalue weighted by Gasteiger charge is 2.32. The van der Waals surface area contributed by atoms with Crippen molar-refractivity contribution < 1.29 is 9.53 Å². The summed E-state index contributed by atoms with van der Waals surface area (Å²) < 4.78 is 7.72. The second-order valence-corrected chi connectivity index (χ2v) is 8.62. The molecular weight excluding hydrogens is 420 g/mol. The van der Waals surface area contributed by atoms with Crippen LogP contribution in [-0.2, 0) is 16.1 Å². The molecule has 0 bridgehead atoms. The maximum Gasteiger partial charge on any atom is 0.245 e. The summed E-state index contributed by atoms with van der Waals surface area (Å²) >= 11 is 0. The molecule has 178 valence electrons. The molecule has 0 aliphatic carbocycles. The zero-order valence-electron chi connectivity index (χ0n) is 20.4. The average Bonchev–Trinajstić information content (AvgIpc) is 2.85. The summed E-state index contributed by atoms with van der Waals surface area (Å²) in [7, 11) is 0. The summed E-state index contributed by atoms with van der Waals surface area (Å²) in [4.78, 5) is 37.3. The Morgan fingerprint density at radius 2 is 1.85 bits per heavy atom. The Hall–Kier alpha value is -3.14. The van der Waals surface area contributed by atoms with Crippen molar-refractivity contribution in [3.8, 4) is 11.4 Å². The van der Waals surface area contributed by atoms with Gasteiger partial charge in [0.25, 0.3) is 0 Å². The van der Waals surface area contributed by atoms with Crippen molar-refractivity contribution in [1.29, 1.82) is 0 Å². The summed E-state index contributed by atoms with van der Waals surface area (Å²) in [5.74, 6) is 2.58. The molecule has 10 heteroatoms. The van der Waals surface area contributed by atoms with E-state index in [9.17, 15) is 4.79 Å². The van der Waals surface area contributed by atoms with Crippen molar-refractivity contribution in [2.75, 3.05) is 25.0 Å². The molecule has 1 N–H and O–H groups in total. The molecule has 2 aromatic rings. The zero-order chi connectivity index (χ0) is 24.0. The van der Waals surface area contributed by atoms with Crippen LogP contribution in [0.2, 0.25) is 0 Å². The van der Waals surface area contributed by atoms with Crippen molar-refractivity contribution in [2.45, 2.75) is 66.2 Å². The fraction of sp³-hybridized carbons (Fsp3) is 0.565. The Morgan fingerprint density at radius 3 is 2.48 bits per heavy atom. The number of hydrogen-bond acceptors (Lipinski definition) is 8. The molecule has 0 radical (unpaired) electrons. The summed E-state index contributed by atoms with van der Waals surface area (Å²) in [5, 5.41) is 3.26. The number of carbonyl (C=O) groups excluding carboxylic acids is 1. The molecule has 0 aromatic carbocycles. The van der Waals surface area contributed by atoms with E-state index in [1.54, 1.807) is 18.6 Å². The van der Waals surface area contributed by atoms with E-state index >= 15 is 0 Å². The van der Waals surface area contributed by atoms with Gasteiger partial charge < -0.3 is 19.5 Å². The fourth-order valence-electron chi connectivity index (χ4n) is 3.76. The number of carbonyl (C=O) groups is 1. The number of nitrogens with zero attached hydrogens (tertiary/aromatic N) is 7. The Morgan fingerprint density at radius 1 is 1.12 bits per heavy atom. The largest absolute Gasteiger partial charge is 0.372 e. The number of amides is 1. The molecule has 10 nitrogen and oxygen atoms in total. The van der Waals surface area contributed by atoms with Gasteiger partial charge >= 0.3 is 0 Å². The van der Waals surface area contributed by atoms with Crippen LogP contribution in [0.1, 0.15) is 45.8 Å². The minimum absolute atomic E-state index is 0.0239. The molecule has 1 aliphatic heterocycles. The predicted molar refractivity (Wildman–Crippen MR) is 126 cm³/mol. The minimum atomic E-state index is -0.434. The third-order valence-electron chi connectivity index (χ3n) is 5.52. The molecule has 0 saturated carbocycles. The van der Waals surface area contributed by atoms with Gasteiger partial charge in [0.1, 0.15) is 35.7 Å². The normalized spacial score (nSPS) is 16.1. The summed E-state index contributed by atoms with van der Waals surface area (Å²) in [6.07, 6.45) is 7.21. The van der Waals surface area contributed by atoms with Crippen LogP contribution in [0.3, 0.4) is 0 Å². The van der Waals surface area contributed by atoms with E-state index in [-0.39, 0.29) is 11.5 Å². The lowest BCUT2D eigenvalue weighted by Crippen LogP contribution is -2.54. The highest BCUT2D eigenvalue weighted by Crippen LogP contribution is 2.19. The van der Waals surface area contributed by atoms with Gasteiger partial charge in [0.05, 0.1) is 24.0 Å². The maximum atomic E-state index is 13.2. The van der Waals surface area contributed by atoms with Crippen molar-refractivity contribution in [1.82, 2.24) is 34.4 Å². The van der Waals surface area contributed by atoms with Gasteiger partial charge in [0, 0.05) is 32.0 Å². The lowest BCUT2D eigenvalue weighted by Gasteiger charge is -2.39. The van der Waals surface area contributed by atoms with Gasteiger partial charge in [-0.2, -0.15) is 0 Å². The van der Waals surface area contributed by atoms with Gasteiger partial charge in [0.2, 0.25) is 5.91 Å². The van der Waals surface area contributed by atoms with Crippen molar-refractivity contribution in [3.63, 3.8) is 0 Å². The minimum Gasteiger partial charge on any atom is -0.372 e. The molecule has 3 heterocycles. The number of morpholine rings is 1. The van der Waals surface area contributed by atoms with Gasteiger partial charge in [-0.15, -0.1) is 0 Å². The van der Waals surface area contributed by atoms with Crippen LogP contribution in [0.25, 0.3) is 11.4 Å². The Kier molecular flexibility index (Phi) is 7.91. The van der Waals surface area contributed by atoms with Crippen LogP contribution < -0.4 is 5.32 Å². The van der Waals surface area contributed by atoms with E-state index in [0.29, 0.717) is 50.1 Å². The van der Waals surface area contributed by atoms with Crippen LogP contribution in [0, 0.1) is 13.8 Å². The molecule has 1 aliphatic rings. The second-order valence-electron chi connectivity index (χ2n) is 8.62. The topological polar surface area (TPSA) is 111 Å². The first-order chi connectivity index (χ1) is 15.7. The van der Waals surface area contributed by atoms with Gasteiger partial charge in [-0.25, -0.2) is 24.9 Å². The zero-order valence-corrected chi connectivity index (χ0v) is 20.4. The van der Waals surface area contributed by atoms with Gasteiger partial charge in [-0.05, 0) is 41.0 Å². The van der Waals surface area contributed by atoms with Crippen LogP contribution in [-0.4, -0.2) is 71.6 Å². The highest BCUT2D eigenvalue weighted by atomic mass is 16.5. The molecule has 0 spiro atoms. The highest BCUT2D eigenvalue weighted by molar-refractivity contribution is 5.84. The van der Waals surface area contributed by atoms with Crippen LogP contribution >= 0.6 is 0 Å². The first-order valence-electron chi connectivity index (χ1n) is 11.3. The first-order valence-corrected chi connectivity index (χ1v) is 11.3. The molecule has 3 rings (SSSR count). The Balaban J connectivity index is 1.95. The number of hydrogen-bond donors (Lipinski definition) is 1. The molecular formula is C23H34N8O2.